The highest BCUT2D eigenvalue weighted by molar-refractivity contribution is 5.70. The molecule has 0 unspecified atom stereocenters. The van der Waals surface area contributed by atoms with E-state index in [4.69, 9.17) is 9.84 Å². The summed E-state index contributed by atoms with van der Waals surface area (Å²) in [4.78, 5) is 12.0. The first-order chi connectivity index (χ1) is 9.54. The smallest absolute Gasteiger partial charge is 0.254 e. The minimum absolute atomic E-state index is 0.245. The van der Waals surface area contributed by atoms with E-state index in [0.717, 1.165) is 4.57 Å². The number of ether oxygens (including phenoxy) is 1. The predicted molar refractivity (Wildman–Crippen MR) is 65.8 cm³/mol. The van der Waals surface area contributed by atoms with Crippen molar-refractivity contribution in [1.29, 1.82) is 0 Å². The number of hydrogen-bond donors (Lipinski definition) is 3. The maximum atomic E-state index is 12.0. The largest absolute Gasteiger partial charge is 0.394 e. The molecule has 0 radical (unpaired) electrons. The van der Waals surface area contributed by atoms with Crippen molar-refractivity contribution in [2.75, 3.05) is 6.61 Å². The van der Waals surface area contributed by atoms with E-state index < -0.39 is 36.7 Å². The summed E-state index contributed by atoms with van der Waals surface area (Å²) >= 11 is 0. The molecule has 1 fully saturated rings. The van der Waals surface area contributed by atoms with Crippen LogP contribution in [0.1, 0.15) is 6.23 Å². The maximum absolute atomic E-state index is 12.0. The van der Waals surface area contributed by atoms with Gasteiger partial charge >= 0.3 is 0 Å². The van der Waals surface area contributed by atoms with Crippen molar-refractivity contribution in [2.45, 2.75) is 24.5 Å². The zero-order chi connectivity index (χ0) is 14.4. The molecule has 0 aromatic carbocycles. The summed E-state index contributed by atoms with van der Waals surface area (Å²) in [6.07, 6.45) is -4.68. The standard InChI is InChI=1S/C11H14N4O5/c1-14-5-2-3-7(17)15(10(5)12-13-14)11-9(19)8(18)6(4-16)20-11/h2-3,6,8-9,11,16,18-19H,4H2,1H3/t6-,8+,9+,11-/m0/s1. The van der Waals surface area contributed by atoms with E-state index in [1.165, 1.54) is 10.7 Å². The summed E-state index contributed by atoms with van der Waals surface area (Å²) in [5, 5.41) is 36.5. The Bertz CT molecular complexity index is 696. The van der Waals surface area contributed by atoms with Gasteiger partial charge in [0, 0.05) is 13.1 Å². The molecule has 1 aliphatic heterocycles. The van der Waals surface area contributed by atoms with Gasteiger partial charge in [0.2, 0.25) is 0 Å². The molecule has 3 rings (SSSR count). The van der Waals surface area contributed by atoms with Crippen LogP contribution in [0.5, 0.6) is 0 Å². The molecule has 1 aliphatic rings. The van der Waals surface area contributed by atoms with Crippen molar-refractivity contribution in [3.63, 3.8) is 0 Å². The molecule has 9 nitrogen and oxygen atoms in total. The lowest BCUT2D eigenvalue weighted by molar-refractivity contribution is -0.0524. The molecule has 3 N–H and O–H groups in total. The van der Waals surface area contributed by atoms with Crippen molar-refractivity contribution in [1.82, 2.24) is 19.6 Å². The molecule has 108 valence electrons. The average Bonchev–Trinajstić information content (AvgIpc) is 2.93. The highest BCUT2D eigenvalue weighted by Gasteiger charge is 2.44. The molecule has 9 heteroatoms. The number of aromatic nitrogens is 4. The molecule has 2 aromatic rings. The van der Waals surface area contributed by atoms with Crippen LogP contribution in [0.2, 0.25) is 0 Å². The second-order valence-corrected chi connectivity index (χ2v) is 4.69. The van der Waals surface area contributed by atoms with E-state index >= 15 is 0 Å². The third-order valence-corrected chi connectivity index (χ3v) is 3.47. The van der Waals surface area contributed by atoms with Crippen LogP contribution in [0.15, 0.2) is 16.9 Å². The number of hydrogen-bond acceptors (Lipinski definition) is 7. The zero-order valence-corrected chi connectivity index (χ0v) is 10.6. The number of aliphatic hydroxyl groups is 3. The summed E-state index contributed by atoms with van der Waals surface area (Å²) in [7, 11) is 1.67. The molecule has 3 heterocycles. The number of aliphatic hydroxyl groups excluding tert-OH is 3. The Morgan fingerprint density at radius 2 is 2.10 bits per heavy atom. The van der Waals surface area contributed by atoms with Gasteiger partial charge in [0.15, 0.2) is 11.9 Å². The first-order valence-corrected chi connectivity index (χ1v) is 6.08. The topological polar surface area (TPSA) is 123 Å². The van der Waals surface area contributed by atoms with Crippen molar-refractivity contribution in [3.8, 4) is 0 Å². The number of nitrogens with zero attached hydrogens (tertiary/aromatic N) is 4. The third-order valence-electron chi connectivity index (χ3n) is 3.47. The molecule has 20 heavy (non-hydrogen) atoms. The Balaban J connectivity index is 2.15. The highest BCUT2D eigenvalue weighted by atomic mass is 16.6. The van der Waals surface area contributed by atoms with E-state index in [0.29, 0.717) is 5.52 Å². The lowest BCUT2D eigenvalue weighted by Crippen LogP contribution is -2.35. The third kappa shape index (κ3) is 1.75. The van der Waals surface area contributed by atoms with E-state index in [9.17, 15) is 15.0 Å². The molecule has 1 saturated heterocycles. The van der Waals surface area contributed by atoms with Gasteiger partial charge in [-0.15, -0.1) is 5.10 Å². The van der Waals surface area contributed by atoms with Gasteiger partial charge in [0.05, 0.1) is 6.61 Å². The first kappa shape index (κ1) is 13.2. The maximum Gasteiger partial charge on any atom is 0.254 e. The summed E-state index contributed by atoms with van der Waals surface area (Å²) in [5.74, 6) is 0. The Labute approximate surface area is 112 Å². The molecule has 0 bridgehead atoms. The van der Waals surface area contributed by atoms with E-state index in [1.54, 1.807) is 13.1 Å². The second kappa shape index (κ2) is 4.63. The summed E-state index contributed by atoms with van der Waals surface area (Å²) < 4.78 is 7.96. The monoisotopic (exact) mass is 282 g/mol. The molecule has 0 amide bonds. The highest BCUT2D eigenvalue weighted by Crippen LogP contribution is 2.29. The molecule has 0 aliphatic carbocycles. The molecular formula is C11H14N4O5. The lowest BCUT2D eigenvalue weighted by atomic mass is 10.1. The molecular weight excluding hydrogens is 268 g/mol. The van der Waals surface area contributed by atoms with Crippen LogP contribution in [0, 0.1) is 0 Å². The lowest BCUT2D eigenvalue weighted by Gasteiger charge is -2.17. The van der Waals surface area contributed by atoms with Gasteiger partial charge in [-0.25, -0.2) is 4.68 Å². The van der Waals surface area contributed by atoms with Crippen LogP contribution >= 0.6 is 0 Å². The minimum Gasteiger partial charge on any atom is -0.394 e. The fourth-order valence-electron chi connectivity index (χ4n) is 2.38. The van der Waals surface area contributed by atoms with Gasteiger partial charge in [0.25, 0.3) is 5.56 Å². The molecule has 0 saturated carbocycles. The van der Waals surface area contributed by atoms with Crippen LogP contribution in [0.4, 0.5) is 0 Å². The van der Waals surface area contributed by atoms with Gasteiger partial charge in [-0.1, -0.05) is 5.21 Å². The van der Waals surface area contributed by atoms with Gasteiger partial charge in [-0.05, 0) is 6.07 Å². The van der Waals surface area contributed by atoms with Crippen LogP contribution in [-0.2, 0) is 11.8 Å². The first-order valence-electron chi connectivity index (χ1n) is 6.08. The van der Waals surface area contributed by atoms with E-state index in [1.807, 2.05) is 0 Å². The fourth-order valence-corrected chi connectivity index (χ4v) is 2.38. The summed E-state index contributed by atoms with van der Waals surface area (Å²) in [5.41, 5.74) is 0.394. The van der Waals surface area contributed by atoms with Crippen molar-refractivity contribution >= 4 is 11.2 Å². The second-order valence-electron chi connectivity index (χ2n) is 4.69. The van der Waals surface area contributed by atoms with E-state index in [2.05, 4.69) is 10.3 Å². The van der Waals surface area contributed by atoms with Crippen molar-refractivity contribution < 1.29 is 20.1 Å². The predicted octanol–water partition coefficient (Wildman–Crippen LogP) is -2.26. The average molecular weight is 282 g/mol. The fraction of sp³-hybridized carbons (Fsp3) is 0.545. The summed E-state index contributed by atoms with van der Waals surface area (Å²) in [6, 6.07) is 2.87. The Morgan fingerprint density at radius 3 is 2.75 bits per heavy atom. The number of pyridine rings is 1. The van der Waals surface area contributed by atoms with Crippen molar-refractivity contribution in [3.05, 3.63) is 22.5 Å². The quantitative estimate of drug-likeness (QED) is 0.568. The van der Waals surface area contributed by atoms with Crippen LogP contribution < -0.4 is 5.56 Å². The normalized spacial score (nSPS) is 30.2. The van der Waals surface area contributed by atoms with Crippen molar-refractivity contribution in [2.24, 2.45) is 7.05 Å². The molecule has 4 atom stereocenters. The van der Waals surface area contributed by atoms with Gasteiger partial charge in [-0.3, -0.25) is 9.36 Å². The zero-order valence-electron chi connectivity index (χ0n) is 10.6. The van der Waals surface area contributed by atoms with Gasteiger partial charge in [0.1, 0.15) is 23.8 Å². The molecule has 2 aromatic heterocycles. The number of rotatable bonds is 2. The SMILES string of the molecule is Cn1nnc2c1ccc(=O)n2[C@H]1O[C@@H](CO)[C@@H](O)[C@H]1O. The number of fused-ring (bicyclic) bond motifs is 1. The number of aryl methyl sites for hydroxylation is 1. The van der Waals surface area contributed by atoms with Crippen LogP contribution in [0.3, 0.4) is 0 Å². The Kier molecular flexibility index (Phi) is 3.05. The summed E-state index contributed by atoms with van der Waals surface area (Å²) in [6.45, 7) is -0.458. The minimum atomic E-state index is -1.34. The van der Waals surface area contributed by atoms with Gasteiger partial charge < -0.3 is 20.1 Å². The Hall–Kier alpha value is -1.81. The van der Waals surface area contributed by atoms with Gasteiger partial charge in [-0.2, -0.15) is 0 Å². The molecule has 0 spiro atoms. The van der Waals surface area contributed by atoms with E-state index in [-0.39, 0.29) is 5.65 Å². The van der Waals surface area contributed by atoms with Crippen LogP contribution in [-0.4, -0.2) is 59.8 Å². The van der Waals surface area contributed by atoms with Crippen LogP contribution in [0.25, 0.3) is 11.2 Å². The Morgan fingerprint density at radius 1 is 1.35 bits per heavy atom.